The Kier molecular flexibility index (Phi) is 4.16. The van der Waals surface area contributed by atoms with Gasteiger partial charge in [-0.1, -0.05) is 25.2 Å². The van der Waals surface area contributed by atoms with Gasteiger partial charge in [-0.05, 0) is 18.9 Å². The highest BCUT2D eigenvalue weighted by Gasteiger charge is 2.14. The van der Waals surface area contributed by atoms with E-state index in [1.807, 2.05) is 6.92 Å². The van der Waals surface area contributed by atoms with Gasteiger partial charge in [-0.3, -0.25) is 10.1 Å². The Hall–Kier alpha value is -1.47. The van der Waals surface area contributed by atoms with Crippen LogP contribution in [0.25, 0.3) is 0 Å². The van der Waals surface area contributed by atoms with Crippen LogP contribution < -0.4 is 11.1 Å². The molecule has 0 radical (unpaired) electrons. The molecule has 5 nitrogen and oxygen atoms in total. The van der Waals surface area contributed by atoms with Gasteiger partial charge < -0.3 is 5.73 Å². The van der Waals surface area contributed by atoms with Gasteiger partial charge in [-0.25, -0.2) is 0 Å². The van der Waals surface area contributed by atoms with Crippen molar-refractivity contribution in [2.45, 2.75) is 27.2 Å². The summed E-state index contributed by atoms with van der Waals surface area (Å²) in [6, 6.07) is 1.69. The van der Waals surface area contributed by atoms with Crippen LogP contribution in [-0.2, 0) is 6.42 Å². The lowest BCUT2D eigenvalue weighted by Crippen LogP contribution is -2.09. The minimum Gasteiger partial charge on any atom is -0.398 e. The van der Waals surface area contributed by atoms with Crippen LogP contribution in [0, 0.1) is 12.8 Å². The third kappa shape index (κ3) is 3.51. The number of nitrogens with two attached hydrogens (primary N) is 1. The zero-order valence-electron chi connectivity index (χ0n) is 11.1. The molecule has 0 aromatic carbocycles. The van der Waals surface area contributed by atoms with Gasteiger partial charge >= 0.3 is 0 Å². The van der Waals surface area contributed by atoms with Crippen molar-refractivity contribution in [1.29, 1.82) is 0 Å². The molecule has 2 heterocycles. The lowest BCUT2D eigenvalue weighted by Gasteiger charge is -1.98. The van der Waals surface area contributed by atoms with Gasteiger partial charge in [-0.15, -0.1) is 21.5 Å². The Morgan fingerprint density at radius 1 is 1.42 bits per heavy atom. The van der Waals surface area contributed by atoms with Crippen molar-refractivity contribution in [3.63, 3.8) is 0 Å². The van der Waals surface area contributed by atoms with Gasteiger partial charge in [0, 0.05) is 17.0 Å². The quantitative estimate of drug-likeness (QED) is 0.909. The van der Waals surface area contributed by atoms with Crippen molar-refractivity contribution in [2.75, 3.05) is 11.1 Å². The van der Waals surface area contributed by atoms with E-state index in [0.717, 1.165) is 16.3 Å². The van der Waals surface area contributed by atoms with Crippen molar-refractivity contribution < 1.29 is 4.79 Å². The fourth-order valence-corrected chi connectivity index (χ4v) is 3.29. The molecule has 3 N–H and O–H groups in total. The van der Waals surface area contributed by atoms with Crippen LogP contribution in [-0.4, -0.2) is 16.1 Å². The van der Waals surface area contributed by atoms with E-state index in [2.05, 4.69) is 29.4 Å². The van der Waals surface area contributed by atoms with Crippen LogP contribution >= 0.6 is 22.7 Å². The Bertz CT molecular complexity index is 569. The number of thiophene rings is 1. The van der Waals surface area contributed by atoms with Crippen molar-refractivity contribution in [2.24, 2.45) is 5.92 Å². The predicted octanol–water partition coefficient (Wildman–Crippen LogP) is 2.94. The number of hydrogen-bond acceptors (Lipinski definition) is 6. The third-order valence-electron chi connectivity index (χ3n) is 2.45. The zero-order valence-corrected chi connectivity index (χ0v) is 12.7. The Labute approximate surface area is 119 Å². The molecule has 19 heavy (non-hydrogen) atoms. The highest BCUT2D eigenvalue weighted by molar-refractivity contribution is 7.16. The van der Waals surface area contributed by atoms with E-state index in [0.29, 0.717) is 21.6 Å². The van der Waals surface area contributed by atoms with Gasteiger partial charge in [0.25, 0.3) is 5.91 Å². The van der Waals surface area contributed by atoms with E-state index in [9.17, 15) is 4.79 Å². The van der Waals surface area contributed by atoms with E-state index in [4.69, 9.17) is 5.73 Å². The smallest absolute Gasteiger partial charge is 0.267 e. The summed E-state index contributed by atoms with van der Waals surface area (Å²) in [6.07, 6.45) is 0.874. The molecule has 0 unspecified atom stereocenters. The molecule has 2 rings (SSSR count). The van der Waals surface area contributed by atoms with Crippen LogP contribution in [0.15, 0.2) is 6.07 Å². The van der Waals surface area contributed by atoms with E-state index in [-0.39, 0.29) is 5.91 Å². The number of carbonyl (C=O) groups excluding carboxylic acids is 1. The van der Waals surface area contributed by atoms with E-state index in [1.165, 1.54) is 22.7 Å². The number of carbonyl (C=O) groups is 1. The summed E-state index contributed by atoms with van der Waals surface area (Å²) < 4.78 is 0. The molecule has 0 saturated carbocycles. The molecule has 1 amide bonds. The first-order valence-electron chi connectivity index (χ1n) is 5.95. The van der Waals surface area contributed by atoms with E-state index in [1.54, 1.807) is 6.07 Å². The number of nitrogens with zero attached hydrogens (tertiary/aromatic N) is 2. The molecule has 0 fully saturated rings. The lowest BCUT2D eigenvalue weighted by molar-refractivity contribution is 0.103. The number of amides is 1. The third-order valence-corrected chi connectivity index (χ3v) is 4.38. The first kappa shape index (κ1) is 14.0. The zero-order chi connectivity index (χ0) is 14.0. The van der Waals surface area contributed by atoms with Crippen LogP contribution in [0.5, 0.6) is 0 Å². The molecule has 0 saturated heterocycles. The van der Waals surface area contributed by atoms with E-state index < -0.39 is 0 Å². The largest absolute Gasteiger partial charge is 0.398 e. The summed E-state index contributed by atoms with van der Waals surface area (Å²) in [5.41, 5.74) is 6.38. The first-order chi connectivity index (χ1) is 8.95. The number of aryl methyl sites for hydroxylation is 1. The monoisotopic (exact) mass is 296 g/mol. The maximum atomic E-state index is 12.0. The van der Waals surface area contributed by atoms with Crippen molar-refractivity contribution in [1.82, 2.24) is 10.2 Å². The summed E-state index contributed by atoms with van der Waals surface area (Å²) in [6.45, 7) is 6.14. The van der Waals surface area contributed by atoms with Gasteiger partial charge in [0.05, 0.1) is 4.88 Å². The number of hydrogen-bond donors (Lipinski definition) is 2. The molecule has 0 bridgehead atoms. The second kappa shape index (κ2) is 5.66. The number of rotatable bonds is 4. The number of nitrogen functional groups attached to an aromatic ring is 1. The summed E-state index contributed by atoms with van der Waals surface area (Å²) >= 11 is 2.79. The maximum Gasteiger partial charge on any atom is 0.267 e. The molecular weight excluding hydrogens is 280 g/mol. The van der Waals surface area contributed by atoms with Gasteiger partial charge in [0.1, 0.15) is 5.01 Å². The normalized spacial score (nSPS) is 10.9. The molecule has 2 aromatic heterocycles. The first-order valence-corrected chi connectivity index (χ1v) is 7.58. The van der Waals surface area contributed by atoms with Crippen molar-refractivity contribution >= 4 is 39.4 Å². The van der Waals surface area contributed by atoms with Crippen LogP contribution in [0.3, 0.4) is 0 Å². The van der Waals surface area contributed by atoms with E-state index >= 15 is 0 Å². The highest BCUT2D eigenvalue weighted by atomic mass is 32.1. The Morgan fingerprint density at radius 3 is 2.74 bits per heavy atom. The molecule has 0 spiro atoms. The average Bonchev–Trinajstić information content (AvgIpc) is 2.86. The fraction of sp³-hybridized carbons (Fsp3) is 0.417. The molecule has 102 valence electrons. The summed E-state index contributed by atoms with van der Waals surface area (Å²) in [4.78, 5) is 13.5. The number of anilines is 2. The summed E-state index contributed by atoms with van der Waals surface area (Å²) in [5.74, 6) is 0.341. The standard InChI is InChI=1S/C12H16N4OS2/c1-6(2)4-10-15-16-12(19-10)14-11(17)9-5-8(13)7(3)18-9/h5-6H,4,13H2,1-3H3,(H,14,16,17). The second-order valence-corrected chi connectivity index (χ2v) is 6.99. The minimum absolute atomic E-state index is 0.183. The number of nitrogens with one attached hydrogen (secondary N) is 1. The fourth-order valence-electron chi connectivity index (χ4n) is 1.50. The second-order valence-electron chi connectivity index (χ2n) is 4.68. The molecule has 0 aliphatic carbocycles. The molecule has 0 atom stereocenters. The van der Waals surface area contributed by atoms with Crippen LogP contribution in [0.4, 0.5) is 10.8 Å². The van der Waals surface area contributed by atoms with Gasteiger partial charge in [0.2, 0.25) is 5.13 Å². The Balaban J connectivity index is 2.04. The summed E-state index contributed by atoms with van der Waals surface area (Å²) in [7, 11) is 0. The van der Waals surface area contributed by atoms with Crippen LogP contribution in [0.1, 0.15) is 33.4 Å². The highest BCUT2D eigenvalue weighted by Crippen LogP contribution is 2.25. The SMILES string of the molecule is Cc1sc(C(=O)Nc2nnc(CC(C)C)s2)cc1N. The topological polar surface area (TPSA) is 80.9 Å². The lowest BCUT2D eigenvalue weighted by atomic mass is 10.1. The average molecular weight is 296 g/mol. The Morgan fingerprint density at radius 2 is 2.16 bits per heavy atom. The molecule has 2 aromatic rings. The van der Waals surface area contributed by atoms with Gasteiger partial charge in [-0.2, -0.15) is 0 Å². The minimum atomic E-state index is -0.183. The van der Waals surface area contributed by atoms with Crippen molar-refractivity contribution in [3.05, 3.63) is 20.8 Å². The molecule has 0 aliphatic heterocycles. The predicted molar refractivity (Wildman–Crippen MR) is 79.9 cm³/mol. The number of aromatic nitrogens is 2. The summed E-state index contributed by atoms with van der Waals surface area (Å²) in [5, 5.41) is 12.3. The van der Waals surface area contributed by atoms with Gasteiger partial charge in [0.15, 0.2) is 0 Å². The molecular formula is C12H16N4OS2. The maximum absolute atomic E-state index is 12.0. The molecule has 7 heteroatoms. The molecule has 0 aliphatic rings. The van der Waals surface area contributed by atoms with Crippen LogP contribution in [0.2, 0.25) is 0 Å². The van der Waals surface area contributed by atoms with Crippen molar-refractivity contribution in [3.8, 4) is 0 Å².